The van der Waals surface area contributed by atoms with E-state index in [4.69, 9.17) is 4.42 Å². The molecule has 0 bridgehead atoms. The van der Waals surface area contributed by atoms with Gasteiger partial charge in [-0.2, -0.15) is 0 Å². The van der Waals surface area contributed by atoms with E-state index in [1.54, 1.807) is 50.9 Å². The van der Waals surface area contributed by atoms with Crippen LogP contribution in [0.3, 0.4) is 0 Å². The molecule has 0 atom stereocenters. The standard InChI is InChI=1S/C22H21N9O2/c1-22(2,21-31-30-20(33-21)14-4-3-7-23-8-14)29-19(32)17-18(27-15-9-24-12-25-10-15)26-11-16(28-17)13-5-6-13/h3-4,7-13H,5-6H2,1-2H3,(H,26,27)(H,29,32). The molecule has 166 valence electrons. The zero-order chi connectivity index (χ0) is 22.8. The zero-order valence-corrected chi connectivity index (χ0v) is 18.1. The first-order chi connectivity index (χ1) is 16.0. The number of rotatable bonds is 7. The molecule has 0 spiro atoms. The van der Waals surface area contributed by atoms with Crippen LogP contribution in [0.1, 0.15) is 54.7 Å². The zero-order valence-electron chi connectivity index (χ0n) is 18.1. The lowest BCUT2D eigenvalue weighted by Gasteiger charge is -2.22. The molecule has 1 aliphatic rings. The third-order valence-corrected chi connectivity index (χ3v) is 5.12. The number of pyridine rings is 1. The van der Waals surface area contributed by atoms with Gasteiger partial charge in [-0.25, -0.2) is 19.9 Å². The lowest BCUT2D eigenvalue weighted by Crippen LogP contribution is -2.42. The predicted octanol–water partition coefficient (Wildman–Crippen LogP) is 3.00. The molecular formula is C22H21N9O2. The van der Waals surface area contributed by atoms with E-state index in [1.165, 1.54) is 6.33 Å². The molecule has 11 heteroatoms. The highest BCUT2D eigenvalue weighted by Crippen LogP contribution is 2.39. The van der Waals surface area contributed by atoms with Crippen molar-refractivity contribution in [3.8, 4) is 11.5 Å². The Balaban J connectivity index is 1.41. The van der Waals surface area contributed by atoms with E-state index in [9.17, 15) is 4.79 Å². The first-order valence-electron chi connectivity index (χ1n) is 10.5. The van der Waals surface area contributed by atoms with Crippen molar-refractivity contribution in [2.75, 3.05) is 5.32 Å². The van der Waals surface area contributed by atoms with Crippen molar-refractivity contribution in [2.24, 2.45) is 0 Å². The third-order valence-electron chi connectivity index (χ3n) is 5.12. The second-order valence-corrected chi connectivity index (χ2v) is 8.25. The maximum atomic E-state index is 13.3. The van der Waals surface area contributed by atoms with E-state index in [1.807, 2.05) is 6.07 Å². The SMILES string of the molecule is CC(C)(NC(=O)c1nc(C2CC2)cnc1Nc1cncnc1)c1nnc(-c2cccnc2)o1. The molecule has 0 aliphatic heterocycles. The molecule has 33 heavy (non-hydrogen) atoms. The number of hydrogen-bond donors (Lipinski definition) is 2. The molecule has 0 unspecified atom stereocenters. The van der Waals surface area contributed by atoms with Crippen molar-refractivity contribution in [1.82, 2.24) is 40.4 Å². The van der Waals surface area contributed by atoms with Crippen LogP contribution in [0.15, 0.2) is 53.9 Å². The Hall–Kier alpha value is -4.28. The summed E-state index contributed by atoms with van der Waals surface area (Å²) < 4.78 is 5.82. The van der Waals surface area contributed by atoms with Crippen LogP contribution in [0.4, 0.5) is 11.5 Å². The van der Waals surface area contributed by atoms with E-state index in [2.05, 4.69) is 45.8 Å². The first-order valence-corrected chi connectivity index (χ1v) is 10.5. The predicted molar refractivity (Wildman–Crippen MR) is 117 cm³/mol. The van der Waals surface area contributed by atoms with Crippen molar-refractivity contribution in [2.45, 2.75) is 38.1 Å². The summed E-state index contributed by atoms with van der Waals surface area (Å²) in [4.78, 5) is 34.4. The fourth-order valence-corrected chi connectivity index (χ4v) is 3.21. The van der Waals surface area contributed by atoms with Crippen LogP contribution < -0.4 is 10.6 Å². The van der Waals surface area contributed by atoms with E-state index < -0.39 is 11.4 Å². The van der Waals surface area contributed by atoms with Crippen molar-refractivity contribution >= 4 is 17.4 Å². The second-order valence-electron chi connectivity index (χ2n) is 8.25. The number of hydrogen-bond acceptors (Lipinski definition) is 10. The number of carbonyl (C=O) groups is 1. The van der Waals surface area contributed by atoms with Crippen LogP contribution in [-0.2, 0) is 5.54 Å². The van der Waals surface area contributed by atoms with Crippen molar-refractivity contribution in [3.63, 3.8) is 0 Å². The van der Waals surface area contributed by atoms with Gasteiger partial charge < -0.3 is 15.1 Å². The normalized spacial score (nSPS) is 13.5. The maximum Gasteiger partial charge on any atom is 0.274 e. The smallest absolute Gasteiger partial charge is 0.274 e. The molecule has 4 heterocycles. The topological polar surface area (TPSA) is 144 Å². The summed E-state index contributed by atoms with van der Waals surface area (Å²) in [5.41, 5.74) is 1.29. The van der Waals surface area contributed by atoms with Gasteiger partial charge in [0.15, 0.2) is 11.5 Å². The number of aromatic nitrogens is 7. The summed E-state index contributed by atoms with van der Waals surface area (Å²) in [5.74, 6) is 0.804. The van der Waals surface area contributed by atoms with E-state index in [-0.39, 0.29) is 11.6 Å². The summed E-state index contributed by atoms with van der Waals surface area (Å²) in [5, 5.41) is 14.2. The Labute approximate surface area is 189 Å². The monoisotopic (exact) mass is 443 g/mol. The molecule has 5 rings (SSSR count). The lowest BCUT2D eigenvalue weighted by atomic mass is 10.1. The number of amides is 1. The number of anilines is 2. The average Bonchev–Trinajstić information content (AvgIpc) is 3.55. The van der Waals surface area contributed by atoms with Crippen molar-refractivity contribution in [3.05, 3.63) is 66.7 Å². The summed E-state index contributed by atoms with van der Waals surface area (Å²) in [7, 11) is 0. The largest absolute Gasteiger partial charge is 0.418 e. The van der Waals surface area contributed by atoms with Gasteiger partial charge in [0.1, 0.15) is 11.9 Å². The lowest BCUT2D eigenvalue weighted by molar-refractivity contribution is 0.0894. The van der Waals surface area contributed by atoms with Crippen LogP contribution in [0.2, 0.25) is 0 Å². The Morgan fingerprint density at radius 3 is 2.64 bits per heavy atom. The summed E-state index contributed by atoms with van der Waals surface area (Å²) in [6.07, 6.45) is 11.7. The molecule has 1 aliphatic carbocycles. The minimum atomic E-state index is -0.963. The maximum absolute atomic E-state index is 13.3. The van der Waals surface area contributed by atoms with E-state index in [0.717, 1.165) is 18.5 Å². The molecule has 4 aromatic rings. The Morgan fingerprint density at radius 1 is 1.09 bits per heavy atom. The molecule has 11 nitrogen and oxygen atoms in total. The van der Waals surface area contributed by atoms with Gasteiger partial charge in [0.05, 0.1) is 35.5 Å². The van der Waals surface area contributed by atoms with Crippen LogP contribution in [-0.4, -0.2) is 41.0 Å². The molecule has 1 amide bonds. The molecule has 2 N–H and O–H groups in total. The molecular weight excluding hydrogens is 422 g/mol. The Morgan fingerprint density at radius 2 is 1.91 bits per heavy atom. The highest BCUT2D eigenvalue weighted by atomic mass is 16.4. The van der Waals surface area contributed by atoms with Gasteiger partial charge in [-0.1, -0.05) is 0 Å². The fraction of sp³-hybridized carbons (Fsp3) is 0.273. The summed E-state index contributed by atoms with van der Waals surface area (Å²) in [6, 6.07) is 3.60. The Bertz CT molecular complexity index is 1270. The van der Waals surface area contributed by atoms with Gasteiger partial charge in [-0.15, -0.1) is 10.2 Å². The van der Waals surface area contributed by atoms with Gasteiger partial charge in [0.25, 0.3) is 5.91 Å². The fourth-order valence-electron chi connectivity index (χ4n) is 3.21. The first kappa shape index (κ1) is 20.6. The van der Waals surface area contributed by atoms with Crippen LogP contribution in [0, 0.1) is 0 Å². The molecule has 1 fully saturated rings. The minimum absolute atomic E-state index is 0.170. The molecule has 0 aromatic carbocycles. The van der Waals surface area contributed by atoms with Gasteiger partial charge in [-0.05, 0) is 38.8 Å². The number of nitrogens with zero attached hydrogens (tertiary/aromatic N) is 7. The quantitative estimate of drug-likeness (QED) is 0.437. The summed E-state index contributed by atoms with van der Waals surface area (Å²) in [6.45, 7) is 3.56. The molecule has 0 radical (unpaired) electrons. The second kappa shape index (κ2) is 8.34. The van der Waals surface area contributed by atoms with Gasteiger partial charge >= 0.3 is 0 Å². The summed E-state index contributed by atoms with van der Waals surface area (Å²) >= 11 is 0. The van der Waals surface area contributed by atoms with Crippen LogP contribution >= 0.6 is 0 Å². The Kier molecular flexibility index (Phi) is 5.21. The average molecular weight is 443 g/mol. The van der Waals surface area contributed by atoms with Gasteiger partial charge in [0.2, 0.25) is 11.8 Å². The molecule has 4 aromatic heterocycles. The molecule has 1 saturated carbocycles. The van der Waals surface area contributed by atoms with Crippen molar-refractivity contribution < 1.29 is 9.21 Å². The van der Waals surface area contributed by atoms with Crippen molar-refractivity contribution in [1.29, 1.82) is 0 Å². The number of nitrogens with one attached hydrogen (secondary N) is 2. The van der Waals surface area contributed by atoms with E-state index >= 15 is 0 Å². The van der Waals surface area contributed by atoms with Gasteiger partial charge in [-0.3, -0.25) is 9.78 Å². The van der Waals surface area contributed by atoms with Gasteiger partial charge in [0, 0.05) is 18.3 Å². The molecule has 0 saturated heterocycles. The highest BCUT2D eigenvalue weighted by Gasteiger charge is 2.33. The van der Waals surface area contributed by atoms with Crippen LogP contribution in [0.5, 0.6) is 0 Å². The minimum Gasteiger partial charge on any atom is -0.418 e. The highest BCUT2D eigenvalue weighted by molar-refractivity contribution is 5.97. The van der Waals surface area contributed by atoms with Crippen LogP contribution in [0.25, 0.3) is 11.5 Å². The third kappa shape index (κ3) is 4.52. The number of carbonyl (C=O) groups excluding carboxylic acids is 1. The van der Waals surface area contributed by atoms with E-state index in [0.29, 0.717) is 28.9 Å².